The van der Waals surface area contributed by atoms with E-state index in [0.717, 1.165) is 6.04 Å². The molecule has 2 heterocycles. The SMILES string of the molecule is CCC(C)(C)C1CCCN1CCCN1CCN(C(C)C)CC1. The van der Waals surface area contributed by atoms with Crippen molar-refractivity contribution in [3.05, 3.63) is 0 Å². The maximum Gasteiger partial charge on any atom is 0.0147 e. The van der Waals surface area contributed by atoms with Gasteiger partial charge in [0.25, 0.3) is 0 Å². The summed E-state index contributed by atoms with van der Waals surface area (Å²) >= 11 is 0. The van der Waals surface area contributed by atoms with E-state index in [0.29, 0.717) is 11.5 Å². The van der Waals surface area contributed by atoms with Crippen LogP contribution in [0.2, 0.25) is 0 Å². The van der Waals surface area contributed by atoms with Crippen LogP contribution in [-0.2, 0) is 0 Å². The van der Waals surface area contributed by atoms with Crippen molar-refractivity contribution in [3.63, 3.8) is 0 Å². The van der Waals surface area contributed by atoms with Crippen molar-refractivity contribution < 1.29 is 0 Å². The third kappa shape index (κ3) is 4.69. The van der Waals surface area contributed by atoms with Gasteiger partial charge in [-0.1, -0.05) is 20.8 Å². The molecule has 22 heavy (non-hydrogen) atoms. The highest BCUT2D eigenvalue weighted by molar-refractivity contribution is 4.90. The average Bonchev–Trinajstić information content (AvgIpc) is 2.97. The Kier molecular flexibility index (Phi) is 6.73. The first kappa shape index (κ1) is 18.2. The lowest BCUT2D eigenvalue weighted by Gasteiger charge is -2.39. The maximum atomic E-state index is 2.79. The van der Waals surface area contributed by atoms with Crippen molar-refractivity contribution in [2.45, 2.75) is 72.4 Å². The number of hydrogen-bond acceptors (Lipinski definition) is 3. The summed E-state index contributed by atoms with van der Waals surface area (Å²) in [6.07, 6.45) is 5.46. The largest absolute Gasteiger partial charge is 0.301 e. The van der Waals surface area contributed by atoms with E-state index in [1.807, 2.05) is 0 Å². The summed E-state index contributed by atoms with van der Waals surface area (Å²) in [7, 11) is 0. The van der Waals surface area contributed by atoms with E-state index in [4.69, 9.17) is 0 Å². The van der Waals surface area contributed by atoms with Crippen LogP contribution in [0.25, 0.3) is 0 Å². The molecule has 0 bridgehead atoms. The molecule has 2 aliphatic heterocycles. The number of hydrogen-bond donors (Lipinski definition) is 0. The minimum Gasteiger partial charge on any atom is -0.301 e. The summed E-state index contributed by atoms with van der Waals surface area (Å²) in [6, 6.07) is 1.53. The van der Waals surface area contributed by atoms with Crippen molar-refractivity contribution in [1.29, 1.82) is 0 Å². The zero-order chi connectivity index (χ0) is 16.2. The molecule has 0 saturated carbocycles. The van der Waals surface area contributed by atoms with Crippen LogP contribution >= 0.6 is 0 Å². The molecule has 0 aliphatic carbocycles. The first-order valence-electron chi connectivity index (χ1n) is 9.64. The normalized spacial score (nSPS) is 26.2. The van der Waals surface area contributed by atoms with Crippen molar-refractivity contribution in [1.82, 2.24) is 14.7 Å². The lowest BCUT2D eigenvalue weighted by Crippen LogP contribution is -2.49. The number of piperazine rings is 1. The van der Waals surface area contributed by atoms with Gasteiger partial charge < -0.3 is 4.90 Å². The van der Waals surface area contributed by atoms with Crippen LogP contribution in [0.1, 0.15) is 60.3 Å². The molecule has 0 amide bonds. The zero-order valence-corrected chi connectivity index (χ0v) is 15.8. The number of rotatable bonds is 7. The highest BCUT2D eigenvalue weighted by Crippen LogP contribution is 2.35. The first-order valence-corrected chi connectivity index (χ1v) is 9.64. The van der Waals surface area contributed by atoms with Gasteiger partial charge in [0, 0.05) is 38.3 Å². The monoisotopic (exact) mass is 309 g/mol. The quantitative estimate of drug-likeness (QED) is 0.714. The lowest BCUT2D eigenvalue weighted by atomic mass is 9.80. The van der Waals surface area contributed by atoms with Crippen molar-refractivity contribution in [2.75, 3.05) is 45.8 Å². The van der Waals surface area contributed by atoms with E-state index in [2.05, 4.69) is 49.3 Å². The average molecular weight is 310 g/mol. The summed E-state index contributed by atoms with van der Waals surface area (Å²) in [5.41, 5.74) is 0.486. The Morgan fingerprint density at radius 1 is 1.00 bits per heavy atom. The van der Waals surface area contributed by atoms with Gasteiger partial charge in [-0.3, -0.25) is 9.80 Å². The fourth-order valence-electron chi connectivity index (χ4n) is 4.22. The molecule has 1 unspecified atom stereocenters. The van der Waals surface area contributed by atoms with Gasteiger partial charge in [-0.15, -0.1) is 0 Å². The van der Waals surface area contributed by atoms with Crippen LogP contribution in [0.4, 0.5) is 0 Å². The van der Waals surface area contributed by atoms with E-state index < -0.39 is 0 Å². The molecule has 2 aliphatic rings. The van der Waals surface area contributed by atoms with Crippen LogP contribution < -0.4 is 0 Å². The van der Waals surface area contributed by atoms with Gasteiger partial charge >= 0.3 is 0 Å². The topological polar surface area (TPSA) is 9.72 Å². The van der Waals surface area contributed by atoms with Crippen LogP contribution in [0.15, 0.2) is 0 Å². The maximum absolute atomic E-state index is 2.79. The van der Waals surface area contributed by atoms with Gasteiger partial charge in [0.15, 0.2) is 0 Å². The predicted molar refractivity (Wildman–Crippen MR) is 96.4 cm³/mol. The van der Waals surface area contributed by atoms with Gasteiger partial charge in [-0.25, -0.2) is 0 Å². The molecule has 3 nitrogen and oxygen atoms in total. The van der Waals surface area contributed by atoms with Crippen molar-refractivity contribution >= 4 is 0 Å². The van der Waals surface area contributed by atoms with E-state index in [1.165, 1.54) is 71.5 Å². The molecule has 0 aromatic rings. The second-order valence-corrected chi connectivity index (χ2v) is 8.36. The Balaban J connectivity index is 1.68. The third-order valence-electron chi connectivity index (χ3n) is 6.23. The summed E-state index contributed by atoms with van der Waals surface area (Å²) in [5, 5.41) is 0. The fraction of sp³-hybridized carbons (Fsp3) is 1.00. The summed E-state index contributed by atoms with van der Waals surface area (Å²) in [4.78, 5) is 8.07. The Morgan fingerprint density at radius 3 is 2.27 bits per heavy atom. The molecular formula is C19H39N3. The third-order valence-corrected chi connectivity index (χ3v) is 6.23. The van der Waals surface area contributed by atoms with Gasteiger partial charge in [-0.2, -0.15) is 0 Å². The zero-order valence-electron chi connectivity index (χ0n) is 15.8. The smallest absolute Gasteiger partial charge is 0.0147 e. The summed E-state index contributed by atoms with van der Waals surface area (Å²) in [6.45, 7) is 20.9. The molecule has 2 fully saturated rings. The van der Waals surface area contributed by atoms with E-state index in [1.54, 1.807) is 0 Å². The second kappa shape index (κ2) is 8.12. The molecule has 0 spiro atoms. The van der Waals surface area contributed by atoms with Crippen LogP contribution in [-0.4, -0.2) is 72.6 Å². The summed E-state index contributed by atoms with van der Waals surface area (Å²) < 4.78 is 0. The molecule has 2 rings (SSSR count). The Morgan fingerprint density at radius 2 is 1.68 bits per heavy atom. The van der Waals surface area contributed by atoms with Gasteiger partial charge in [-0.05, 0) is 64.6 Å². The first-order chi connectivity index (χ1) is 10.4. The van der Waals surface area contributed by atoms with Crippen molar-refractivity contribution in [3.8, 4) is 0 Å². The molecule has 1 atom stereocenters. The minimum atomic E-state index is 0.486. The molecular weight excluding hydrogens is 270 g/mol. The highest BCUT2D eigenvalue weighted by Gasteiger charge is 2.35. The Bertz CT molecular complexity index is 319. The van der Waals surface area contributed by atoms with E-state index in [9.17, 15) is 0 Å². The van der Waals surface area contributed by atoms with Crippen LogP contribution in [0.3, 0.4) is 0 Å². The van der Waals surface area contributed by atoms with Gasteiger partial charge in [0.05, 0.1) is 0 Å². The molecule has 0 N–H and O–H groups in total. The molecule has 3 heteroatoms. The Hall–Kier alpha value is -0.120. The molecule has 0 radical (unpaired) electrons. The summed E-state index contributed by atoms with van der Waals surface area (Å²) in [5.74, 6) is 0. The van der Waals surface area contributed by atoms with E-state index in [-0.39, 0.29) is 0 Å². The highest BCUT2D eigenvalue weighted by atomic mass is 15.3. The van der Waals surface area contributed by atoms with Gasteiger partial charge in [0.2, 0.25) is 0 Å². The predicted octanol–water partition coefficient (Wildman–Crippen LogP) is 3.30. The van der Waals surface area contributed by atoms with Crippen LogP contribution in [0, 0.1) is 5.41 Å². The fourth-order valence-corrected chi connectivity index (χ4v) is 4.22. The van der Waals surface area contributed by atoms with Crippen molar-refractivity contribution in [2.24, 2.45) is 5.41 Å². The lowest BCUT2D eigenvalue weighted by molar-refractivity contribution is 0.0931. The minimum absolute atomic E-state index is 0.486. The molecule has 130 valence electrons. The molecule has 2 saturated heterocycles. The molecule has 0 aromatic heterocycles. The molecule has 0 aromatic carbocycles. The number of likely N-dealkylation sites (tertiary alicyclic amines) is 1. The van der Waals surface area contributed by atoms with Crippen LogP contribution in [0.5, 0.6) is 0 Å². The standard InChI is InChI=1S/C19H39N3/c1-6-19(4,5)18-9-7-11-22(18)12-8-10-20-13-15-21(16-14-20)17(2)3/h17-18H,6-16H2,1-5H3. The second-order valence-electron chi connectivity index (χ2n) is 8.36. The Labute approximate surface area is 139 Å². The van der Waals surface area contributed by atoms with E-state index >= 15 is 0 Å². The number of nitrogens with zero attached hydrogens (tertiary/aromatic N) is 3. The van der Waals surface area contributed by atoms with Gasteiger partial charge in [0.1, 0.15) is 0 Å².